The summed E-state index contributed by atoms with van der Waals surface area (Å²) in [5.41, 5.74) is -1.00. The summed E-state index contributed by atoms with van der Waals surface area (Å²) in [5.74, 6) is -0.725. The fraction of sp³-hybridized carbons (Fsp3) is 0.840. The van der Waals surface area contributed by atoms with Crippen molar-refractivity contribution in [1.29, 1.82) is 0 Å². The van der Waals surface area contributed by atoms with Crippen molar-refractivity contribution >= 4 is 28.6 Å². The molecule has 63 heavy (non-hydrogen) atoms. The highest BCUT2D eigenvalue weighted by atomic mass is 28.4. The van der Waals surface area contributed by atoms with E-state index in [2.05, 4.69) is 75.3 Å². The van der Waals surface area contributed by atoms with Gasteiger partial charge in [0.05, 0.1) is 36.4 Å². The van der Waals surface area contributed by atoms with Gasteiger partial charge in [0.25, 0.3) is 0 Å². The maximum absolute atomic E-state index is 13.9. The van der Waals surface area contributed by atoms with Crippen molar-refractivity contribution < 1.29 is 51.6 Å². The van der Waals surface area contributed by atoms with E-state index >= 15 is 0 Å². The number of cyclic esters (lactones) is 1. The van der Waals surface area contributed by atoms with Crippen molar-refractivity contribution in [3.63, 3.8) is 0 Å². The first-order valence-electron chi connectivity index (χ1n) is 24.6. The largest absolute Gasteiger partial charge is 0.457 e. The van der Waals surface area contributed by atoms with Crippen LogP contribution in [0.15, 0.2) is 36.0 Å². The van der Waals surface area contributed by atoms with Crippen molar-refractivity contribution in [1.82, 2.24) is 0 Å². The average Bonchev–Trinajstić information content (AvgIpc) is 4.00. The van der Waals surface area contributed by atoms with Gasteiger partial charge >= 0.3 is 11.9 Å². The molecule has 0 aromatic rings. The molecule has 2 aliphatic heterocycles. The molecule has 0 N–H and O–H groups in total. The Morgan fingerprint density at radius 2 is 1.49 bits per heavy atom. The monoisotopic (exact) mass is 925 g/mol. The quantitative estimate of drug-likeness (QED) is 0.0195. The van der Waals surface area contributed by atoms with E-state index in [0.29, 0.717) is 38.9 Å². The van der Waals surface area contributed by atoms with Gasteiger partial charge in [0.2, 0.25) is 0 Å². The predicted octanol–water partition coefficient (Wildman–Crippen LogP) is 12.2. The second-order valence-electron chi connectivity index (χ2n) is 19.0. The second kappa shape index (κ2) is 26.6. The van der Waals surface area contributed by atoms with Crippen LogP contribution in [0.5, 0.6) is 0 Å². The van der Waals surface area contributed by atoms with Crippen LogP contribution in [0.2, 0.25) is 36.3 Å². The van der Waals surface area contributed by atoms with E-state index in [-0.39, 0.29) is 36.1 Å². The molecule has 0 aromatic heterocycles. The molecule has 0 amide bonds. The molecule has 366 valence electrons. The fourth-order valence-corrected chi connectivity index (χ4v) is 15.4. The van der Waals surface area contributed by atoms with E-state index in [4.69, 9.17) is 42.0 Å². The molecule has 0 bridgehead atoms. The summed E-state index contributed by atoms with van der Waals surface area (Å²) < 4.78 is 57.7. The van der Waals surface area contributed by atoms with E-state index in [1.54, 1.807) is 0 Å². The maximum Gasteiger partial charge on any atom is 0.308 e. The fourth-order valence-electron chi connectivity index (χ4n) is 9.42. The number of carbonyl (C=O) groups excluding carboxylic acids is 2. The Morgan fingerprint density at radius 1 is 0.905 bits per heavy atom. The van der Waals surface area contributed by atoms with E-state index in [1.807, 2.05) is 65.8 Å². The van der Waals surface area contributed by atoms with Crippen LogP contribution in [-0.2, 0) is 51.6 Å². The molecule has 0 aliphatic carbocycles. The Hall–Kier alpha value is -1.69. The van der Waals surface area contributed by atoms with Crippen molar-refractivity contribution in [2.24, 2.45) is 5.41 Å². The molecule has 0 aromatic carbocycles. The van der Waals surface area contributed by atoms with Crippen LogP contribution in [0.4, 0.5) is 0 Å². The van der Waals surface area contributed by atoms with Gasteiger partial charge in [-0.1, -0.05) is 86.6 Å². The molecule has 0 saturated carbocycles. The summed E-state index contributed by atoms with van der Waals surface area (Å²) >= 11 is 0. The summed E-state index contributed by atoms with van der Waals surface area (Å²) in [7, 11) is -3.94. The minimum atomic E-state index is -2.12. The Labute approximate surface area is 386 Å². The first-order chi connectivity index (χ1) is 29.6. The third-order valence-corrected chi connectivity index (χ3v) is 23.3. The number of allylic oxidation sites excluding steroid dienone is 2. The van der Waals surface area contributed by atoms with Crippen LogP contribution in [0, 0.1) is 5.41 Å². The van der Waals surface area contributed by atoms with E-state index in [0.717, 1.165) is 48.3 Å². The van der Waals surface area contributed by atoms with Gasteiger partial charge in [-0.2, -0.15) is 0 Å². The predicted molar refractivity (Wildman–Crippen MR) is 259 cm³/mol. The molecule has 1 saturated heterocycles. The van der Waals surface area contributed by atoms with Gasteiger partial charge in [-0.15, -0.1) is 0 Å². The number of rotatable bonds is 27. The van der Waals surface area contributed by atoms with Gasteiger partial charge in [-0.05, 0) is 116 Å². The van der Waals surface area contributed by atoms with Crippen molar-refractivity contribution in [2.45, 2.75) is 253 Å². The number of hydrogen-bond donors (Lipinski definition) is 0. The minimum absolute atomic E-state index is 0.00834. The molecule has 13 heteroatoms. The normalized spacial score (nSPS) is 27.4. The standard InChI is InChI=1S/C50H92O11Si2/c1-18-44(61-63(24-7,25-8)26-9)48(14,15)47-43(57-47)36-49(16,58-39(12)53-19-2)33-28-29-37(10)42-30-27-31-45(55-38(11)51)50(17,59-40(13)54-20-3)34-32-41(35-46(52)56-42)60-62(21-4,22-5)23-6/h27-29,31,33,39-45,47H,18-26,30,32,34-36H2,1-17H3/b31-27+,33-28+,37-29+. The first kappa shape index (κ1) is 57.4. The molecular weight excluding hydrogens is 833 g/mol. The smallest absolute Gasteiger partial charge is 0.308 e. The van der Waals surface area contributed by atoms with Gasteiger partial charge in [-0.25, -0.2) is 0 Å². The lowest BCUT2D eigenvalue weighted by atomic mass is 9.79. The molecule has 11 nitrogen and oxygen atoms in total. The highest BCUT2D eigenvalue weighted by molar-refractivity contribution is 6.74. The van der Waals surface area contributed by atoms with Crippen LogP contribution in [0.25, 0.3) is 0 Å². The molecule has 0 spiro atoms. The van der Waals surface area contributed by atoms with Gasteiger partial charge in [0.15, 0.2) is 29.2 Å². The molecular formula is C50H92O11Si2. The lowest BCUT2D eigenvalue weighted by Gasteiger charge is -2.40. The molecule has 2 aliphatic rings. The number of epoxide rings is 1. The van der Waals surface area contributed by atoms with Crippen molar-refractivity contribution in [3.05, 3.63) is 36.0 Å². The second-order valence-corrected chi connectivity index (χ2v) is 28.4. The van der Waals surface area contributed by atoms with E-state index in [1.165, 1.54) is 6.92 Å². The van der Waals surface area contributed by atoms with E-state index in [9.17, 15) is 9.59 Å². The molecule has 1 fully saturated rings. The van der Waals surface area contributed by atoms with Crippen LogP contribution < -0.4 is 0 Å². The SMILES string of the molecule is CCOC(C)OC(C)(/C=C/C=C(\C)C1C/C=C/C(OC(C)=O)C(C)(OC(C)OCC)CCC(O[Si](CC)(CC)CC)CC(=O)O1)CC1OC1C(C)(C)C(CC)O[Si](CC)(CC)CC. The van der Waals surface area contributed by atoms with Gasteiger partial charge in [-0.3, -0.25) is 9.59 Å². The number of ether oxygens (including phenoxy) is 7. The topological polar surface area (TPSA) is 121 Å². The number of hydrogen-bond acceptors (Lipinski definition) is 11. The Morgan fingerprint density at radius 3 is 2.03 bits per heavy atom. The Balaban J connectivity index is 2.53. The maximum atomic E-state index is 13.9. The molecule has 10 unspecified atom stereocenters. The highest BCUT2D eigenvalue weighted by Crippen LogP contribution is 2.48. The van der Waals surface area contributed by atoms with Gasteiger partial charge in [0.1, 0.15) is 17.8 Å². The zero-order valence-corrected chi connectivity index (χ0v) is 44.9. The van der Waals surface area contributed by atoms with Crippen LogP contribution in [-0.4, -0.2) is 102 Å². The van der Waals surface area contributed by atoms with Crippen molar-refractivity contribution in [2.75, 3.05) is 13.2 Å². The zero-order chi connectivity index (χ0) is 47.6. The Kier molecular flexibility index (Phi) is 24.3. The summed E-state index contributed by atoms with van der Waals surface area (Å²) in [4.78, 5) is 26.5. The minimum Gasteiger partial charge on any atom is -0.457 e. The lowest BCUT2D eigenvalue weighted by Crippen LogP contribution is -2.48. The summed E-state index contributed by atoms with van der Waals surface area (Å²) in [6.45, 7) is 36.3. The van der Waals surface area contributed by atoms with Gasteiger partial charge in [0, 0.05) is 38.4 Å². The summed E-state index contributed by atoms with van der Waals surface area (Å²) in [6.07, 6.45) is 10.3. The number of esters is 2. The molecule has 2 rings (SSSR count). The Bertz CT molecular complexity index is 1440. The molecule has 2 heterocycles. The van der Waals surface area contributed by atoms with Crippen molar-refractivity contribution in [3.8, 4) is 0 Å². The third-order valence-electron chi connectivity index (χ3n) is 14.0. The van der Waals surface area contributed by atoms with Gasteiger partial charge < -0.3 is 42.0 Å². The van der Waals surface area contributed by atoms with E-state index < -0.39 is 64.7 Å². The summed E-state index contributed by atoms with van der Waals surface area (Å²) in [5, 5.41) is 0. The van der Waals surface area contributed by atoms with Crippen LogP contribution >= 0.6 is 0 Å². The molecule has 10 atom stereocenters. The summed E-state index contributed by atoms with van der Waals surface area (Å²) in [6, 6.07) is 6.17. The molecule has 0 radical (unpaired) electrons. The highest BCUT2D eigenvalue weighted by Gasteiger charge is 2.55. The number of carbonyl (C=O) groups is 2. The average molecular weight is 925 g/mol. The van der Waals surface area contributed by atoms with Crippen LogP contribution in [0.3, 0.4) is 0 Å². The zero-order valence-electron chi connectivity index (χ0n) is 42.9. The third kappa shape index (κ3) is 17.5. The lowest BCUT2D eigenvalue weighted by molar-refractivity contribution is -0.227. The van der Waals surface area contributed by atoms with Crippen LogP contribution in [0.1, 0.15) is 156 Å². The first-order valence-corrected chi connectivity index (χ1v) is 29.7.